The monoisotopic (exact) mass is 975 g/mol. The highest BCUT2D eigenvalue weighted by atomic mass is 16.8. The smallest absolute Gasteiger partial charge is 0.187 e. The molecule has 3 aliphatic heterocycles. The van der Waals surface area contributed by atoms with Crippen molar-refractivity contribution in [3.8, 4) is 0 Å². The van der Waals surface area contributed by atoms with E-state index in [9.17, 15) is 61.3 Å². The highest BCUT2D eigenvalue weighted by molar-refractivity contribution is 5.37. The molecule has 0 aromatic carbocycles. The number of ether oxygens (including phenoxy) is 7. The van der Waals surface area contributed by atoms with Crippen LogP contribution in [0.5, 0.6) is 0 Å². The summed E-state index contributed by atoms with van der Waals surface area (Å²) in [5, 5.41) is 132. The summed E-state index contributed by atoms with van der Waals surface area (Å²) in [6, 6.07) is 0. The quantitative estimate of drug-likeness (QED) is 0.0892. The molecule has 0 spiro atoms. The average Bonchev–Trinajstić information content (AvgIpc) is 3.29. The Morgan fingerprint density at radius 2 is 1.24 bits per heavy atom. The minimum absolute atomic E-state index is 0.00765. The van der Waals surface area contributed by atoms with Gasteiger partial charge in [-0.3, -0.25) is 0 Å². The van der Waals surface area contributed by atoms with Gasteiger partial charge in [0.05, 0.1) is 50.8 Å². The van der Waals surface area contributed by atoms with Crippen molar-refractivity contribution in [2.45, 2.75) is 210 Å². The van der Waals surface area contributed by atoms with E-state index in [2.05, 4.69) is 40.7 Å². The molecule has 7 fully saturated rings. The van der Waals surface area contributed by atoms with Crippen LogP contribution < -0.4 is 0 Å². The summed E-state index contributed by atoms with van der Waals surface area (Å²) in [4.78, 5) is 0. The van der Waals surface area contributed by atoms with E-state index in [-0.39, 0.29) is 47.9 Å². The third kappa shape index (κ3) is 8.12. The number of methoxy groups -OCH3 is 1. The normalized spacial score (nSPS) is 55.8. The van der Waals surface area contributed by atoms with E-state index >= 15 is 0 Å². The zero-order valence-electron chi connectivity index (χ0n) is 40.9. The van der Waals surface area contributed by atoms with E-state index in [0.29, 0.717) is 19.3 Å². The predicted molar refractivity (Wildman–Crippen MR) is 238 cm³/mol. The second-order valence-electron chi connectivity index (χ2n) is 23.8. The zero-order valence-corrected chi connectivity index (χ0v) is 40.9. The number of hydrogen-bond donors (Lipinski definition) is 12. The van der Waals surface area contributed by atoms with Crippen LogP contribution in [0.15, 0.2) is 11.6 Å². The van der Waals surface area contributed by atoms with Crippen molar-refractivity contribution in [3.05, 3.63) is 11.6 Å². The molecule has 26 atom stereocenters. The lowest BCUT2D eigenvalue weighted by atomic mass is 9.32. The van der Waals surface area contributed by atoms with Crippen molar-refractivity contribution < 1.29 is 94.4 Å². The first-order valence-electron chi connectivity index (χ1n) is 24.9. The summed E-state index contributed by atoms with van der Waals surface area (Å²) in [6.07, 6.45) is -18.2. The van der Waals surface area contributed by atoms with Crippen molar-refractivity contribution in [2.75, 3.05) is 33.5 Å². The van der Waals surface area contributed by atoms with E-state index < -0.39 is 139 Å². The van der Waals surface area contributed by atoms with Crippen LogP contribution in [0.25, 0.3) is 0 Å². The van der Waals surface area contributed by atoms with Crippen LogP contribution in [0.4, 0.5) is 0 Å². The molecule has 0 radical (unpaired) electrons. The van der Waals surface area contributed by atoms with Crippen LogP contribution in [-0.2, 0) is 33.2 Å². The van der Waals surface area contributed by atoms with Crippen molar-refractivity contribution >= 4 is 0 Å². The lowest BCUT2D eigenvalue weighted by molar-refractivity contribution is -0.391. The molecule has 3 saturated heterocycles. The largest absolute Gasteiger partial charge is 0.396 e. The van der Waals surface area contributed by atoms with Gasteiger partial charge in [-0.25, -0.2) is 0 Å². The molecule has 4 saturated carbocycles. The topological polar surface area (TPSA) is 307 Å². The van der Waals surface area contributed by atoms with Crippen LogP contribution in [-0.4, -0.2) is 205 Å². The number of aliphatic hydroxyl groups is 12. The molecule has 19 nitrogen and oxygen atoms in total. The highest BCUT2D eigenvalue weighted by Gasteiger charge is 2.72. The SMILES string of the molecule is CO[C@@H]1C=C2[C@H]3CC(C)(C)CC[C@]3(CO)[C@H](O)C[C@@]2(C)[C@]2(C)CC[C@H]3[C@](C)(CO)[C@@H](O[C@@H]4O[C@H](C)[C@H](O)[C@H](O[C@@H]5O[C@H](CO)[C@@H](O)[C@H](O)[C@H]5O[C@H]5O[C@H](CO)[C@@H](O)[C@H](O)[C@H]5O)[C@H]4O)CC[C@]3(C)[C@@H]12. The van der Waals surface area contributed by atoms with Crippen molar-refractivity contribution in [1.29, 1.82) is 0 Å². The second kappa shape index (κ2) is 19.0. The van der Waals surface area contributed by atoms with E-state index in [4.69, 9.17) is 33.2 Å². The van der Waals surface area contributed by atoms with Gasteiger partial charge in [-0.2, -0.15) is 0 Å². The van der Waals surface area contributed by atoms with Gasteiger partial charge in [0.15, 0.2) is 18.9 Å². The van der Waals surface area contributed by atoms with E-state index in [0.717, 1.165) is 32.1 Å². The fraction of sp³-hybridized carbons (Fsp3) is 0.959. The first-order valence-corrected chi connectivity index (χ1v) is 24.9. The Morgan fingerprint density at radius 3 is 1.85 bits per heavy atom. The van der Waals surface area contributed by atoms with Gasteiger partial charge in [0, 0.05) is 23.9 Å². The minimum Gasteiger partial charge on any atom is -0.396 e. The Labute approximate surface area is 399 Å². The van der Waals surface area contributed by atoms with E-state index in [1.807, 2.05) is 6.92 Å². The molecule has 68 heavy (non-hydrogen) atoms. The lowest BCUT2D eigenvalue weighted by Gasteiger charge is -2.73. The average molecular weight is 975 g/mol. The molecular formula is C49H82O19. The first kappa shape index (κ1) is 53.3. The Bertz CT molecular complexity index is 1800. The van der Waals surface area contributed by atoms with Crippen LogP contribution >= 0.6 is 0 Å². The molecule has 5 aliphatic carbocycles. The van der Waals surface area contributed by atoms with Gasteiger partial charge >= 0.3 is 0 Å². The van der Waals surface area contributed by atoms with Gasteiger partial charge in [0.2, 0.25) is 0 Å². The van der Waals surface area contributed by atoms with Gasteiger partial charge in [-0.15, -0.1) is 0 Å². The molecule has 8 rings (SSSR count). The lowest BCUT2D eigenvalue weighted by Crippen LogP contribution is -2.70. The maximum absolute atomic E-state index is 12.2. The van der Waals surface area contributed by atoms with E-state index in [1.54, 1.807) is 14.0 Å². The molecular weight excluding hydrogens is 893 g/mol. The third-order valence-corrected chi connectivity index (χ3v) is 19.8. The molecule has 19 heteroatoms. The fourth-order valence-electron chi connectivity index (χ4n) is 15.5. The van der Waals surface area contributed by atoms with Gasteiger partial charge < -0.3 is 94.4 Å². The number of rotatable bonds is 11. The van der Waals surface area contributed by atoms with Crippen LogP contribution in [0.2, 0.25) is 0 Å². The molecule has 3 heterocycles. The molecule has 8 aliphatic rings. The number of aliphatic hydroxyl groups excluding tert-OH is 12. The van der Waals surface area contributed by atoms with Crippen molar-refractivity contribution in [3.63, 3.8) is 0 Å². The molecule has 0 unspecified atom stereocenters. The van der Waals surface area contributed by atoms with Crippen LogP contribution in [0.3, 0.4) is 0 Å². The summed E-state index contributed by atoms with van der Waals surface area (Å²) < 4.78 is 42.7. The Hall–Kier alpha value is -1.02. The summed E-state index contributed by atoms with van der Waals surface area (Å²) >= 11 is 0. The van der Waals surface area contributed by atoms with Gasteiger partial charge in [-0.1, -0.05) is 53.2 Å². The van der Waals surface area contributed by atoms with Gasteiger partial charge in [-0.05, 0) is 91.8 Å². The molecule has 0 amide bonds. The predicted octanol–water partition coefficient (Wildman–Crippen LogP) is -0.790. The van der Waals surface area contributed by atoms with Crippen LogP contribution in [0.1, 0.15) is 99.8 Å². The number of fused-ring (bicyclic) bond motifs is 7. The molecule has 0 aromatic rings. The van der Waals surface area contributed by atoms with Crippen molar-refractivity contribution in [1.82, 2.24) is 0 Å². The summed E-state index contributed by atoms with van der Waals surface area (Å²) in [6.45, 7) is 13.2. The van der Waals surface area contributed by atoms with Gasteiger partial charge in [0.1, 0.15) is 67.1 Å². The fourth-order valence-corrected chi connectivity index (χ4v) is 15.5. The molecule has 0 aromatic heterocycles. The molecule has 0 bridgehead atoms. The zero-order chi connectivity index (χ0) is 49.8. The Balaban J connectivity index is 1.05. The maximum atomic E-state index is 12.2. The van der Waals surface area contributed by atoms with E-state index in [1.165, 1.54) is 5.57 Å². The van der Waals surface area contributed by atoms with Crippen molar-refractivity contribution in [2.24, 2.45) is 50.2 Å². The standard InChI is InChI=1S/C49H82O19/c1-22-31(55)38(67-43-39(35(59)33(57)27(19-51)65-43)68-41-36(60)34(58)32(56)26(18-50)64-41)37(61)42(63-22)66-30-10-11-45(4)28(46(30,5)20-52)9-12-47(6)40(45)25(62-8)15-23-24-16-44(2,3)13-14-49(24,21-53)29(54)17-48(23,47)7/h15,22,24-43,50-61H,9-14,16-21H2,1-8H3/t22-,24-,25-,26-,27-,28-,29-,30+,31+,32-,33-,34+,35+,36-,37-,38+,39-,40-,41-,42+,43+,45+,46+,47-,48-,49-/m1/s1. The Kier molecular flexibility index (Phi) is 14.9. The number of hydrogen-bond acceptors (Lipinski definition) is 19. The Morgan fingerprint density at radius 1 is 0.618 bits per heavy atom. The summed E-state index contributed by atoms with van der Waals surface area (Å²) in [7, 11) is 1.75. The minimum atomic E-state index is -1.91. The first-order chi connectivity index (χ1) is 31.9. The third-order valence-electron chi connectivity index (χ3n) is 19.8. The summed E-state index contributed by atoms with van der Waals surface area (Å²) in [5.74, 6) is -0.145. The number of allylic oxidation sites excluding steroid dienone is 1. The summed E-state index contributed by atoms with van der Waals surface area (Å²) in [5.41, 5.74) is -1.30. The second-order valence-corrected chi connectivity index (χ2v) is 23.8. The molecule has 12 N–H and O–H groups in total. The highest BCUT2D eigenvalue weighted by Crippen LogP contribution is 2.76. The maximum Gasteiger partial charge on any atom is 0.187 e. The van der Waals surface area contributed by atoms with Crippen LogP contribution in [0, 0.1) is 50.2 Å². The van der Waals surface area contributed by atoms with Gasteiger partial charge in [0.25, 0.3) is 0 Å². The molecule has 392 valence electrons.